The van der Waals surface area contributed by atoms with Gasteiger partial charge in [-0.05, 0) is 42.8 Å². The average Bonchev–Trinajstić information content (AvgIpc) is 3.03. The van der Waals surface area contributed by atoms with E-state index in [1.54, 1.807) is 53.3 Å². The molecule has 2 aromatic rings. The maximum atomic E-state index is 13.0. The first-order valence-corrected chi connectivity index (χ1v) is 10.0. The first-order valence-electron chi connectivity index (χ1n) is 9.62. The summed E-state index contributed by atoms with van der Waals surface area (Å²) in [6, 6.07) is 10.1. The summed E-state index contributed by atoms with van der Waals surface area (Å²) in [6.07, 6.45) is 0.674. The van der Waals surface area contributed by atoms with E-state index >= 15 is 0 Å². The Labute approximate surface area is 181 Å². The molecule has 0 spiro atoms. The molecule has 1 saturated heterocycles. The van der Waals surface area contributed by atoms with E-state index in [1.165, 1.54) is 14.2 Å². The summed E-state index contributed by atoms with van der Waals surface area (Å²) >= 11 is 6.07. The topological polar surface area (TPSA) is 68.3 Å². The minimum Gasteiger partial charge on any atom is -0.496 e. The summed E-state index contributed by atoms with van der Waals surface area (Å²) < 4.78 is 15.8. The second-order valence-electron chi connectivity index (χ2n) is 6.85. The number of hydrogen-bond donors (Lipinski definition) is 0. The number of benzene rings is 2. The quantitative estimate of drug-likeness (QED) is 0.724. The van der Waals surface area contributed by atoms with Gasteiger partial charge in [0.2, 0.25) is 0 Å². The third-order valence-electron chi connectivity index (χ3n) is 5.09. The summed E-state index contributed by atoms with van der Waals surface area (Å²) in [6.45, 7) is 1.96. The molecule has 1 aliphatic heterocycles. The van der Waals surface area contributed by atoms with Crippen LogP contribution in [0.4, 0.5) is 0 Å². The fourth-order valence-corrected chi connectivity index (χ4v) is 3.67. The molecular formula is C22H25ClN2O5. The van der Waals surface area contributed by atoms with E-state index in [2.05, 4.69) is 0 Å². The number of nitrogens with zero attached hydrogens (tertiary/aromatic N) is 2. The Morgan fingerprint density at radius 3 is 2.00 bits per heavy atom. The van der Waals surface area contributed by atoms with Crippen molar-refractivity contribution in [2.45, 2.75) is 6.42 Å². The predicted octanol–water partition coefficient (Wildman–Crippen LogP) is 3.35. The second-order valence-corrected chi connectivity index (χ2v) is 7.29. The Morgan fingerprint density at radius 2 is 1.37 bits per heavy atom. The van der Waals surface area contributed by atoms with E-state index in [0.717, 1.165) is 0 Å². The van der Waals surface area contributed by atoms with Gasteiger partial charge in [0.25, 0.3) is 11.8 Å². The first kappa shape index (κ1) is 21.8. The normalized spacial score (nSPS) is 14.1. The Bertz CT molecular complexity index is 934. The Balaban J connectivity index is 1.73. The van der Waals surface area contributed by atoms with Crippen molar-refractivity contribution in [3.8, 4) is 17.2 Å². The van der Waals surface area contributed by atoms with Crippen LogP contribution >= 0.6 is 11.6 Å². The van der Waals surface area contributed by atoms with Crippen LogP contribution in [0.2, 0.25) is 5.02 Å². The molecule has 0 N–H and O–H groups in total. The molecule has 7 nitrogen and oxygen atoms in total. The van der Waals surface area contributed by atoms with Crippen molar-refractivity contribution in [3.63, 3.8) is 0 Å². The highest BCUT2D eigenvalue weighted by Gasteiger charge is 2.26. The summed E-state index contributed by atoms with van der Waals surface area (Å²) in [5.41, 5.74) is 0.939. The predicted molar refractivity (Wildman–Crippen MR) is 114 cm³/mol. The van der Waals surface area contributed by atoms with Gasteiger partial charge in [-0.25, -0.2) is 0 Å². The fraction of sp³-hybridized carbons (Fsp3) is 0.364. The van der Waals surface area contributed by atoms with E-state index < -0.39 is 0 Å². The van der Waals surface area contributed by atoms with Crippen LogP contribution < -0.4 is 14.2 Å². The molecular weight excluding hydrogens is 408 g/mol. The van der Waals surface area contributed by atoms with Crippen LogP contribution in [0.3, 0.4) is 0 Å². The monoisotopic (exact) mass is 432 g/mol. The van der Waals surface area contributed by atoms with Crippen molar-refractivity contribution in [2.24, 2.45) is 0 Å². The highest BCUT2D eigenvalue weighted by atomic mass is 35.5. The molecule has 0 unspecified atom stereocenters. The molecule has 1 heterocycles. The molecule has 0 atom stereocenters. The molecule has 0 bridgehead atoms. The molecule has 8 heteroatoms. The zero-order valence-corrected chi connectivity index (χ0v) is 18.1. The number of hydrogen-bond acceptors (Lipinski definition) is 5. The van der Waals surface area contributed by atoms with Gasteiger partial charge in [0.05, 0.1) is 26.9 Å². The van der Waals surface area contributed by atoms with Crippen LogP contribution in [0.25, 0.3) is 0 Å². The van der Waals surface area contributed by atoms with E-state index in [1.807, 2.05) is 0 Å². The molecule has 3 rings (SSSR count). The first-order chi connectivity index (χ1) is 14.5. The molecule has 30 heavy (non-hydrogen) atoms. The number of methoxy groups -OCH3 is 3. The van der Waals surface area contributed by atoms with Crippen molar-refractivity contribution in [1.82, 2.24) is 9.80 Å². The minimum absolute atomic E-state index is 0.106. The van der Waals surface area contributed by atoms with Crippen LogP contribution in [0.5, 0.6) is 17.2 Å². The van der Waals surface area contributed by atoms with E-state index in [4.69, 9.17) is 25.8 Å². The lowest BCUT2D eigenvalue weighted by atomic mass is 10.1. The fourth-order valence-electron chi connectivity index (χ4n) is 3.49. The van der Waals surface area contributed by atoms with Gasteiger partial charge in [-0.1, -0.05) is 11.6 Å². The number of halogens is 1. The number of carbonyl (C=O) groups is 2. The van der Waals surface area contributed by atoms with Crippen molar-refractivity contribution < 1.29 is 23.8 Å². The van der Waals surface area contributed by atoms with Crippen molar-refractivity contribution in [2.75, 3.05) is 47.5 Å². The molecule has 2 amide bonds. The highest BCUT2D eigenvalue weighted by Crippen LogP contribution is 2.28. The number of ether oxygens (including phenoxy) is 3. The highest BCUT2D eigenvalue weighted by molar-refractivity contribution is 6.31. The van der Waals surface area contributed by atoms with Crippen molar-refractivity contribution in [1.29, 1.82) is 0 Å². The molecule has 0 aliphatic carbocycles. The molecule has 0 radical (unpaired) electrons. The van der Waals surface area contributed by atoms with Crippen LogP contribution in [-0.4, -0.2) is 69.1 Å². The van der Waals surface area contributed by atoms with Gasteiger partial charge in [-0.2, -0.15) is 0 Å². The van der Waals surface area contributed by atoms with E-state index in [9.17, 15) is 9.59 Å². The van der Waals surface area contributed by atoms with Gasteiger partial charge < -0.3 is 24.0 Å². The third kappa shape index (κ3) is 4.62. The van der Waals surface area contributed by atoms with Gasteiger partial charge in [0, 0.05) is 36.8 Å². The lowest BCUT2D eigenvalue weighted by molar-refractivity contribution is 0.0716. The van der Waals surface area contributed by atoms with Crippen LogP contribution in [0.1, 0.15) is 27.1 Å². The lowest BCUT2D eigenvalue weighted by Gasteiger charge is -2.23. The van der Waals surface area contributed by atoms with Crippen molar-refractivity contribution in [3.05, 3.63) is 52.5 Å². The second kappa shape index (κ2) is 9.71. The van der Waals surface area contributed by atoms with Crippen LogP contribution in [-0.2, 0) is 0 Å². The third-order valence-corrected chi connectivity index (χ3v) is 5.33. The van der Waals surface area contributed by atoms with Gasteiger partial charge in [-0.15, -0.1) is 0 Å². The van der Waals surface area contributed by atoms with E-state index in [-0.39, 0.29) is 11.8 Å². The average molecular weight is 433 g/mol. The Morgan fingerprint density at radius 1 is 0.767 bits per heavy atom. The Hall–Kier alpha value is -2.93. The number of amides is 2. The molecule has 1 fully saturated rings. The molecule has 0 aromatic heterocycles. The standard InChI is InChI=1S/C22H25ClN2O5/c1-28-18-8-6-16(23)14-17(18)22(27)25-10-4-9-24(11-12-25)21(26)15-5-7-19(29-2)20(13-15)30-3/h5-8,13-14H,4,9-12H2,1-3H3. The maximum absolute atomic E-state index is 13.0. The molecule has 0 saturated carbocycles. The summed E-state index contributed by atoms with van der Waals surface area (Å²) in [5, 5.41) is 0.472. The molecule has 1 aliphatic rings. The van der Waals surface area contributed by atoms with Gasteiger partial charge >= 0.3 is 0 Å². The lowest BCUT2D eigenvalue weighted by Crippen LogP contribution is -2.37. The molecule has 160 valence electrons. The minimum atomic E-state index is -0.158. The van der Waals surface area contributed by atoms with E-state index in [0.29, 0.717) is 66.0 Å². The Kier molecular flexibility index (Phi) is 7.05. The number of rotatable bonds is 5. The maximum Gasteiger partial charge on any atom is 0.257 e. The summed E-state index contributed by atoms with van der Waals surface area (Å²) in [7, 11) is 4.60. The summed E-state index contributed by atoms with van der Waals surface area (Å²) in [5.74, 6) is 1.28. The van der Waals surface area contributed by atoms with Crippen LogP contribution in [0.15, 0.2) is 36.4 Å². The van der Waals surface area contributed by atoms with Gasteiger partial charge in [0.15, 0.2) is 11.5 Å². The molecule has 2 aromatic carbocycles. The largest absolute Gasteiger partial charge is 0.496 e. The zero-order valence-electron chi connectivity index (χ0n) is 17.3. The van der Waals surface area contributed by atoms with Gasteiger partial charge in [-0.3, -0.25) is 9.59 Å². The SMILES string of the molecule is COc1ccc(C(=O)N2CCCN(C(=O)c3cc(Cl)ccc3OC)CC2)cc1OC. The summed E-state index contributed by atoms with van der Waals surface area (Å²) in [4.78, 5) is 29.5. The van der Waals surface area contributed by atoms with Crippen molar-refractivity contribution >= 4 is 23.4 Å². The van der Waals surface area contributed by atoms with Gasteiger partial charge in [0.1, 0.15) is 5.75 Å². The zero-order chi connectivity index (χ0) is 21.7. The number of carbonyl (C=O) groups excluding carboxylic acids is 2. The van der Waals surface area contributed by atoms with Crippen LogP contribution in [0, 0.1) is 0 Å². The smallest absolute Gasteiger partial charge is 0.257 e.